The number of alkyl carbamates (subject to hydrolysis) is 1. The van der Waals surface area contributed by atoms with Crippen molar-refractivity contribution in [3.8, 4) is 11.5 Å². The van der Waals surface area contributed by atoms with E-state index in [2.05, 4.69) is 5.32 Å². The van der Waals surface area contributed by atoms with E-state index >= 15 is 0 Å². The normalized spacial score (nSPS) is 17.1. The number of halogens is 1. The minimum absolute atomic E-state index is 0. The fourth-order valence-corrected chi connectivity index (χ4v) is 6.24. The Hall–Kier alpha value is -5.46. The molecule has 312 valence electrons. The summed E-state index contributed by atoms with van der Waals surface area (Å²) in [7, 11) is 0. The van der Waals surface area contributed by atoms with Crippen LogP contribution in [-0.2, 0) is 27.4 Å². The van der Waals surface area contributed by atoms with Crippen LogP contribution in [0.25, 0.3) is 0 Å². The molecule has 12 nitrogen and oxygen atoms in total. The molecule has 4 aromatic carbocycles. The molecule has 4 atom stereocenters. The zero-order valence-electron chi connectivity index (χ0n) is 34.0. The van der Waals surface area contributed by atoms with Crippen molar-refractivity contribution < 1.29 is 38.1 Å². The van der Waals surface area contributed by atoms with Gasteiger partial charge in [-0.1, -0.05) is 84.9 Å². The molecule has 3 amide bonds. The third-order valence-corrected chi connectivity index (χ3v) is 9.34. The van der Waals surface area contributed by atoms with Crippen LogP contribution in [0, 0.1) is 0 Å². The number of carbonyl (C=O) groups excluding carboxylic acids is 3. The van der Waals surface area contributed by atoms with Gasteiger partial charge in [-0.25, -0.2) is 14.4 Å². The number of rotatable bonds is 11. The number of hydrogen-bond donors (Lipinski definition) is 2. The summed E-state index contributed by atoms with van der Waals surface area (Å²) in [5.41, 5.74) is 9.28. The fraction of sp³-hybridized carbons (Fsp3) is 0.400. The van der Waals surface area contributed by atoms with Gasteiger partial charge in [-0.3, -0.25) is 0 Å². The highest BCUT2D eigenvalue weighted by atomic mass is 35.5. The molecule has 2 aliphatic rings. The van der Waals surface area contributed by atoms with Gasteiger partial charge in [-0.15, -0.1) is 12.4 Å². The maximum atomic E-state index is 12.3. The van der Waals surface area contributed by atoms with Crippen molar-refractivity contribution in [1.82, 2.24) is 15.1 Å². The van der Waals surface area contributed by atoms with Gasteiger partial charge in [0.2, 0.25) is 0 Å². The second-order valence-corrected chi connectivity index (χ2v) is 15.3. The van der Waals surface area contributed by atoms with Gasteiger partial charge in [-0.2, -0.15) is 0 Å². The Kier molecular flexibility index (Phi) is 17.1. The van der Waals surface area contributed by atoms with E-state index in [0.29, 0.717) is 32.8 Å². The summed E-state index contributed by atoms with van der Waals surface area (Å²) in [6, 6.07) is 34.5. The van der Waals surface area contributed by atoms with Gasteiger partial charge in [0, 0.05) is 32.0 Å². The fourth-order valence-electron chi connectivity index (χ4n) is 6.24. The van der Waals surface area contributed by atoms with Crippen LogP contribution in [0.1, 0.15) is 81.8 Å². The van der Waals surface area contributed by atoms with E-state index in [0.717, 1.165) is 46.6 Å². The van der Waals surface area contributed by atoms with E-state index < -0.39 is 11.7 Å². The van der Waals surface area contributed by atoms with Crippen LogP contribution >= 0.6 is 12.4 Å². The second-order valence-electron chi connectivity index (χ2n) is 15.3. The first-order valence-electron chi connectivity index (χ1n) is 19.5. The van der Waals surface area contributed by atoms with E-state index in [9.17, 15) is 14.4 Å². The first kappa shape index (κ1) is 45.2. The lowest BCUT2D eigenvalue weighted by Crippen LogP contribution is -2.34. The monoisotopic (exact) mass is 816 g/mol. The quantitative estimate of drug-likeness (QED) is 0.142. The molecule has 0 aliphatic carbocycles. The second kappa shape index (κ2) is 21.9. The number of nitrogens with two attached hydrogens (primary N) is 1. The maximum Gasteiger partial charge on any atom is 0.410 e. The van der Waals surface area contributed by atoms with Crippen LogP contribution in [0.5, 0.6) is 11.5 Å². The minimum Gasteiger partial charge on any atom is -0.489 e. The molecule has 2 saturated heterocycles. The molecule has 0 bridgehead atoms. The zero-order valence-corrected chi connectivity index (χ0v) is 34.8. The summed E-state index contributed by atoms with van der Waals surface area (Å²) in [5.74, 6) is 1.52. The van der Waals surface area contributed by atoms with Gasteiger partial charge in [-0.05, 0) is 81.1 Å². The Morgan fingerprint density at radius 2 is 1.09 bits per heavy atom. The molecule has 0 aromatic heterocycles. The van der Waals surface area contributed by atoms with E-state index in [1.165, 1.54) is 0 Å². The molecule has 2 unspecified atom stereocenters. The summed E-state index contributed by atoms with van der Waals surface area (Å²) in [6.45, 7) is 12.2. The Morgan fingerprint density at radius 1 is 0.672 bits per heavy atom. The topological polar surface area (TPSA) is 142 Å². The number of ether oxygens (including phenoxy) is 5. The van der Waals surface area contributed by atoms with E-state index in [1.54, 1.807) is 9.80 Å². The van der Waals surface area contributed by atoms with Crippen molar-refractivity contribution >= 4 is 30.7 Å². The summed E-state index contributed by atoms with van der Waals surface area (Å²) in [5, 5.41) is 2.83. The Bertz CT molecular complexity index is 1860. The number of benzene rings is 4. The Labute approximate surface area is 348 Å². The molecule has 0 spiro atoms. The van der Waals surface area contributed by atoms with Crippen molar-refractivity contribution in [3.63, 3.8) is 0 Å². The van der Waals surface area contributed by atoms with Crippen LogP contribution in [-0.4, -0.2) is 72.1 Å². The number of carbonyl (C=O) groups is 3. The summed E-state index contributed by atoms with van der Waals surface area (Å²) in [4.78, 5) is 39.8. The number of amides is 3. The molecule has 2 aliphatic heterocycles. The highest BCUT2D eigenvalue weighted by Gasteiger charge is 2.30. The van der Waals surface area contributed by atoms with E-state index in [1.807, 2.05) is 144 Å². The lowest BCUT2D eigenvalue weighted by molar-refractivity contribution is 0.0507. The van der Waals surface area contributed by atoms with Crippen molar-refractivity contribution in [1.29, 1.82) is 0 Å². The Morgan fingerprint density at radius 3 is 1.48 bits per heavy atom. The maximum absolute atomic E-state index is 12.3. The smallest absolute Gasteiger partial charge is 0.410 e. The third kappa shape index (κ3) is 14.8. The molecule has 0 radical (unpaired) electrons. The first-order chi connectivity index (χ1) is 27.3. The van der Waals surface area contributed by atoms with Gasteiger partial charge in [0.1, 0.15) is 42.5 Å². The number of nitrogens with zero attached hydrogens (tertiary/aromatic N) is 2. The molecular formula is C45H57ClN4O8. The standard InChI is InChI=1S/C25H32N2O5.C20H24N2O3.ClH/c1-18(26-23(28)32-25(2,3)4)20-10-12-21(13-11-20)31-22-14-15-27(16-22)24(29)30-17-19-8-6-5-7-9-19;1-15(21)17-7-9-18(10-8-17)25-19-11-12-22(13-19)20(23)24-14-16-5-3-2-4-6-16;/h5-13,18,22H,14-17H2,1-4H3,(H,26,28);2-10,15,19H,11-14,21H2,1H3;1H/t18-,22?;15-,19?;/m00./s1. The van der Waals surface area contributed by atoms with E-state index in [4.69, 9.17) is 29.4 Å². The van der Waals surface area contributed by atoms with Gasteiger partial charge < -0.3 is 44.5 Å². The van der Waals surface area contributed by atoms with E-state index in [-0.39, 0.29) is 55.5 Å². The third-order valence-electron chi connectivity index (χ3n) is 9.34. The first-order valence-corrected chi connectivity index (χ1v) is 19.5. The largest absolute Gasteiger partial charge is 0.489 e. The predicted octanol–water partition coefficient (Wildman–Crippen LogP) is 8.98. The van der Waals surface area contributed by atoms with Gasteiger partial charge in [0.25, 0.3) is 0 Å². The summed E-state index contributed by atoms with van der Waals surface area (Å²) >= 11 is 0. The van der Waals surface area contributed by atoms with Gasteiger partial charge in [0.15, 0.2) is 0 Å². The van der Waals surface area contributed by atoms with Gasteiger partial charge >= 0.3 is 18.3 Å². The lowest BCUT2D eigenvalue weighted by atomic mass is 10.1. The minimum atomic E-state index is -0.537. The van der Waals surface area contributed by atoms with Crippen LogP contribution in [0.2, 0.25) is 0 Å². The molecule has 58 heavy (non-hydrogen) atoms. The number of nitrogens with one attached hydrogen (secondary N) is 1. The van der Waals surface area contributed by atoms with Crippen molar-refractivity contribution in [2.75, 3.05) is 26.2 Å². The van der Waals surface area contributed by atoms with Crippen LogP contribution in [0.4, 0.5) is 14.4 Å². The highest BCUT2D eigenvalue weighted by molar-refractivity contribution is 5.85. The molecule has 4 aromatic rings. The molecule has 3 N–H and O–H groups in total. The molecule has 6 rings (SSSR count). The summed E-state index contributed by atoms with van der Waals surface area (Å²) in [6.07, 6.45) is 0.400. The van der Waals surface area contributed by atoms with Crippen LogP contribution < -0.4 is 20.5 Å². The SMILES string of the molecule is C[C@H](N)c1ccc(OC2CCN(C(=O)OCc3ccccc3)C2)cc1.C[C@H](NC(=O)OC(C)(C)C)c1ccc(OC2CCN(C(=O)OCc3ccccc3)C2)cc1.Cl. The zero-order chi connectivity index (χ0) is 40.8. The molecular weight excluding hydrogens is 760 g/mol. The van der Waals surface area contributed by atoms with Crippen LogP contribution in [0.3, 0.4) is 0 Å². The molecule has 0 saturated carbocycles. The Balaban J connectivity index is 0.000000259. The number of likely N-dealkylation sites (tertiary alicyclic amines) is 2. The summed E-state index contributed by atoms with van der Waals surface area (Å²) < 4.78 is 28.1. The van der Waals surface area contributed by atoms with Crippen molar-refractivity contribution in [3.05, 3.63) is 131 Å². The lowest BCUT2D eigenvalue weighted by Gasteiger charge is -2.22. The predicted molar refractivity (Wildman–Crippen MR) is 225 cm³/mol. The highest BCUT2D eigenvalue weighted by Crippen LogP contribution is 2.24. The molecule has 2 heterocycles. The van der Waals surface area contributed by atoms with Crippen LogP contribution in [0.15, 0.2) is 109 Å². The average Bonchev–Trinajstić information content (AvgIpc) is 3.87. The molecule has 2 fully saturated rings. The number of hydrogen-bond acceptors (Lipinski definition) is 9. The average molecular weight is 817 g/mol. The van der Waals surface area contributed by atoms with Gasteiger partial charge in [0.05, 0.1) is 19.1 Å². The van der Waals surface area contributed by atoms with Crippen molar-refractivity contribution in [2.45, 2.75) is 90.6 Å². The van der Waals surface area contributed by atoms with Crippen molar-refractivity contribution in [2.24, 2.45) is 5.73 Å². The molecule has 13 heteroatoms.